The highest BCUT2D eigenvalue weighted by Gasteiger charge is 2.02. The molecule has 0 aliphatic carbocycles. The van der Waals surface area contributed by atoms with E-state index in [1.54, 1.807) is 17.0 Å². The van der Waals surface area contributed by atoms with Crippen LogP contribution in [0.3, 0.4) is 0 Å². The Morgan fingerprint density at radius 1 is 1.50 bits per heavy atom. The molecule has 0 aliphatic heterocycles. The van der Waals surface area contributed by atoms with Crippen molar-refractivity contribution in [1.82, 2.24) is 9.61 Å². The molecule has 0 spiro atoms. The monoisotopic (exact) mass is 159 g/mol. The molecule has 0 saturated carbocycles. The molecular weight excluding hydrogens is 154 g/mol. The number of fused-ring (bicyclic) bond motifs is 1. The zero-order valence-electron chi connectivity index (χ0n) is 6.14. The Bertz CT molecular complexity index is 441. The van der Waals surface area contributed by atoms with E-state index in [-0.39, 0.29) is 0 Å². The summed E-state index contributed by atoms with van der Waals surface area (Å²) in [5.74, 6) is 0.484. The van der Waals surface area contributed by atoms with E-state index in [4.69, 9.17) is 5.26 Å². The molecule has 4 nitrogen and oxygen atoms in total. The lowest BCUT2D eigenvalue weighted by atomic mass is 10.4. The number of ether oxygens (including phenoxy) is 1. The highest BCUT2D eigenvalue weighted by atomic mass is 16.5. The fourth-order valence-electron chi connectivity index (χ4n) is 1.04. The van der Waals surface area contributed by atoms with Gasteiger partial charge in [-0.2, -0.15) is 5.10 Å². The summed E-state index contributed by atoms with van der Waals surface area (Å²) < 4.78 is 6.33. The van der Waals surface area contributed by atoms with Crippen LogP contribution in [-0.2, 0) is 0 Å². The molecule has 12 heavy (non-hydrogen) atoms. The van der Waals surface area contributed by atoms with Gasteiger partial charge < -0.3 is 4.74 Å². The van der Waals surface area contributed by atoms with E-state index in [0.717, 1.165) is 5.52 Å². The third kappa shape index (κ3) is 0.883. The Morgan fingerprint density at radius 2 is 2.42 bits per heavy atom. The predicted octanol–water partition coefficient (Wildman–Crippen LogP) is 1.19. The van der Waals surface area contributed by atoms with Gasteiger partial charge in [-0.25, -0.2) is 4.52 Å². The maximum atomic E-state index is 8.29. The van der Waals surface area contributed by atoms with E-state index in [1.165, 1.54) is 6.20 Å². The van der Waals surface area contributed by atoms with Gasteiger partial charge in [0, 0.05) is 6.20 Å². The van der Waals surface area contributed by atoms with Crippen LogP contribution >= 0.6 is 0 Å². The second-order valence-corrected chi connectivity index (χ2v) is 2.23. The average molecular weight is 159 g/mol. The fraction of sp³-hybridized carbons (Fsp3) is 0. The van der Waals surface area contributed by atoms with Gasteiger partial charge in [-0.1, -0.05) is 6.07 Å². The Labute approximate surface area is 68.6 Å². The van der Waals surface area contributed by atoms with Crippen molar-refractivity contribution in [2.75, 3.05) is 0 Å². The lowest BCUT2D eigenvalue weighted by Crippen LogP contribution is -1.84. The second-order valence-electron chi connectivity index (χ2n) is 2.23. The van der Waals surface area contributed by atoms with Crippen molar-refractivity contribution in [1.29, 1.82) is 5.26 Å². The van der Waals surface area contributed by atoms with Crippen LogP contribution in [0.1, 0.15) is 0 Å². The number of nitriles is 1. The van der Waals surface area contributed by atoms with Crippen LogP contribution in [0.15, 0.2) is 30.6 Å². The van der Waals surface area contributed by atoms with Gasteiger partial charge >= 0.3 is 0 Å². The van der Waals surface area contributed by atoms with Crippen molar-refractivity contribution in [3.63, 3.8) is 0 Å². The Hall–Kier alpha value is -2.02. The molecule has 2 rings (SSSR count). The number of rotatable bonds is 1. The molecule has 2 aromatic heterocycles. The molecule has 0 atom stereocenters. The third-order valence-corrected chi connectivity index (χ3v) is 1.55. The Balaban J connectivity index is 2.64. The molecule has 0 aromatic carbocycles. The third-order valence-electron chi connectivity index (χ3n) is 1.55. The summed E-state index contributed by atoms with van der Waals surface area (Å²) in [7, 11) is 0. The van der Waals surface area contributed by atoms with Crippen LogP contribution in [0.2, 0.25) is 0 Å². The molecular formula is C8H5N3O. The smallest absolute Gasteiger partial charge is 0.292 e. The van der Waals surface area contributed by atoms with E-state index in [9.17, 15) is 0 Å². The van der Waals surface area contributed by atoms with E-state index >= 15 is 0 Å². The Kier molecular flexibility index (Phi) is 1.42. The van der Waals surface area contributed by atoms with Crippen LogP contribution in [0.5, 0.6) is 5.75 Å². The minimum atomic E-state index is 0.484. The van der Waals surface area contributed by atoms with Crippen LogP contribution in [0.4, 0.5) is 0 Å². The molecule has 0 fully saturated rings. The topological polar surface area (TPSA) is 50.3 Å². The van der Waals surface area contributed by atoms with Crippen LogP contribution < -0.4 is 4.74 Å². The highest BCUT2D eigenvalue weighted by Crippen LogP contribution is 2.17. The first kappa shape index (κ1) is 6.68. The normalized spacial score (nSPS) is 9.58. The second kappa shape index (κ2) is 2.55. The molecule has 0 unspecified atom stereocenters. The molecule has 58 valence electrons. The van der Waals surface area contributed by atoms with Gasteiger partial charge in [-0.3, -0.25) is 0 Å². The van der Waals surface area contributed by atoms with Crippen molar-refractivity contribution in [2.45, 2.75) is 0 Å². The first-order valence-electron chi connectivity index (χ1n) is 3.40. The zero-order chi connectivity index (χ0) is 8.39. The molecule has 0 saturated heterocycles. The van der Waals surface area contributed by atoms with Crippen molar-refractivity contribution < 1.29 is 4.74 Å². The lowest BCUT2D eigenvalue weighted by Gasteiger charge is -1.91. The minimum Gasteiger partial charge on any atom is -0.384 e. The van der Waals surface area contributed by atoms with Gasteiger partial charge in [0.2, 0.25) is 0 Å². The summed E-state index contributed by atoms with van der Waals surface area (Å²) in [6.45, 7) is 0. The van der Waals surface area contributed by atoms with E-state index < -0.39 is 0 Å². The Morgan fingerprint density at radius 3 is 3.25 bits per heavy atom. The number of pyridine rings is 1. The van der Waals surface area contributed by atoms with E-state index in [1.807, 2.05) is 18.2 Å². The summed E-state index contributed by atoms with van der Waals surface area (Å²) in [4.78, 5) is 0. The largest absolute Gasteiger partial charge is 0.384 e. The summed E-state index contributed by atoms with van der Waals surface area (Å²) in [6.07, 6.45) is 4.91. The highest BCUT2D eigenvalue weighted by molar-refractivity contribution is 5.58. The van der Waals surface area contributed by atoms with E-state index in [2.05, 4.69) is 9.84 Å². The molecule has 2 aromatic rings. The summed E-state index contributed by atoms with van der Waals surface area (Å²) in [5, 5.41) is 12.3. The van der Waals surface area contributed by atoms with Crippen molar-refractivity contribution in [3.8, 4) is 12.0 Å². The van der Waals surface area contributed by atoms with Crippen molar-refractivity contribution >= 4 is 5.52 Å². The van der Waals surface area contributed by atoms with Crippen molar-refractivity contribution in [3.05, 3.63) is 30.6 Å². The number of aromatic nitrogens is 2. The maximum absolute atomic E-state index is 8.29. The number of nitrogens with zero attached hydrogens (tertiary/aromatic N) is 3. The fourth-order valence-corrected chi connectivity index (χ4v) is 1.04. The lowest BCUT2D eigenvalue weighted by molar-refractivity contribution is 0.513. The zero-order valence-corrected chi connectivity index (χ0v) is 6.14. The van der Waals surface area contributed by atoms with Gasteiger partial charge in [0.25, 0.3) is 6.26 Å². The molecule has 0 N–H and O–H groups in total. The molecule has 0 radical (unpaired) electrons. The molecule has 0 amide bonds. The number of hydrogen-bond acceptors (Lipinski definition) is 3. The van der Waals surface area contributed by atoms with Gasteiger partial charge in [-0.05, 0) is 12.1 Å². The van der Waals surface area contributed by atoms with Crippen molar-refractivity contribution in [2.24, 2.45) is 0 Å². The summed E-state index contributed by atoms with van der Waals surface area (Å²) in [6, 6.07) is 5.55. The molecule has 2 heterocycles. The summed E-state index contributed by atoms with van der Waals surface area (Å²) >= 11 is 0. The molecule has 0 bridgehead atoms. The first-order chi connectivity index (χ1) is 5.92. The maximum Gasteiger partial charge on any atom is 0.292 e. The van der Waals surface area contributed by atoms with Gasteiger partial charge in [-0.15, -0.1) is 5.26 Å². The van der Waals surface area contributed by atoms with E-state index in [0.29, 0.717) is 5.75 Å². The SMILES string of the molecule is N#COc1cnn2ccccc12. The summed E-state index contributed by atoms with van der Waals surface area (Å²) in [5.41, 5.74) is 0.791. The predicted molar refractivity (Wildman–Crippen MR) is 41.4 cm³/mol. The van der Waals surface area contributed by atoms with Gasteiger partial charge in [0.05, 0.1) is 6.20 Å². The van der Waals surface area contributed by atoms with Crippen LogP contribution in [0.25, 0.3) is 5.52 Å². The standard InChI is InChI=1S/C8H5N3O/c9-6-12-8-5-10-11-4-2-1-3-7(8)11/h1-5H. The molecule has 0 aliphatic rings. The van der Waals surface area contributed by atoms with Crippen LogP contribution in [-0.4, -0.2) is 9.61 Å². The molecule has 4 heteroatoms. The average Bonchev–Trinajstić information content (AvgIpc) is 2.50. The minimum absolute atomic E-state index is 0.484. The quantitative estimate of drug-likeness (QED) is 0.587. The van der Waals surface area contributed by atoms with Gasteiger partial charge in [0.15, 0.2) is 5.75 Å². The number of hydrogen-bond donors (Lipinski definition) is 0. The van der Waals surface area contributed by atoms with Crippen LogP contribution in [0, 0.1) is 11.5 Å². The first-order valence-corrected chi connectivity index (χ1v) is 3.40. The van der Waals surface area contributed by atoms with Gasteiger partial charge in [0.1, 0.15) is 5.52 Å².